The van der Waals surface area contributed by atoms with Crippen molar-refractivity contribution in [1.82, 2.24) is 0 Å². The number of carbonyl (C=O) groups excluding carboxylic acids is 1. The molecule has 0 spiro atoms. The van der Waals surface area contributed by atoms with Crippen molar-refractivity contribution in [3.63, 3.8) is 0 Å². The van der Waals surface area contributed by atoms with Crippen LogP contribution in [0.15, 0.2) is 72.8 Å². The molecule has 0 radical (unpaired) electrons. The quantitative estimate of drug-likeness (QED) is 0.719. The highest BCUT2D eigenvalue weighted by molar-refractivity contribution is 6.04. The first-order valence-electron chi connectivity index (χ1n) is 7.90. The molecular weight excluding hydrogens is 310 g/mol. The number of nitrogens with one attached hydrogen (secondary N) is 2. The first kappa shape index (κ1) is 16.3. The zero-order valence-corrected chi connectivity index (χ0v) is 13.8. The van der Waals surface area contributed by atoms with E-state index in [1.807, 2.05) is 67.6 Å². The molecule has 2 N–H and O–H groups in total. The SMILES string of the molecule is Cc1cccc(C(=O)Nc2ccc(Nc3ccccc3C#N)cc2)c1. The summed E-state index contributed by atoms with van der Waals surface area (Å²) in [6, 6.07) is 24.3. The zero-order chi connectivity index (χ0) is 17.6. The van der Waals surface area contributed by atoms with E-state index in [-0.39, 0.29) is 5.91 Å². The van der Waals surface area contributed by atoms with Gasteiger partial charge in [0.1, 0.15) is 6.07 Å². The number of hydrogen-bond donors (Lipinski definition) is 2. The molecule has 0 atom stereocenters. The third kappa shape index (κ3) is 4.04. The Morgan fingerprint density at radius 2 is 1.64 bits per heavy atom. The van der Waals surface area contributed by atoms with E-state index < -0.39 is 0 Å². The number of anilines is 3. The van der Waals surface area contributed by atoms with Crippen molar-refractivity contribution in [3.05, 3.63) is 89.5 Å². The molecule has 0 unspecified atom stereocenters. The fraction of sp³-hybridized carbons (Fsp3) is 0.0476. The standard InChI is InChI=1S/C21H17N3O/c1-15-5-4-7-16(13-15)21(25)24-19-11-9-18(10-12-19)23-20-8-3-2-6-17(20)14-22/h2-13,23H,1H3,(H,24,25). The van der Waals surface area contributed by atoms with Gasteiger partial charge in [0.2, 0.25) is 0 Å². The van der Waals surface area contributed by atoms with E-state index in [0.717, 1.165) is 16.9 Å². The number of aryl methyl sites for hydroxylation is 1. The van der Waals surface area contributed by atoms with Crippen LogP contribution in [-0.4, -0.2) is 5.91 Å². The summed E-state index contributed by atoms with van der Waals surface area (Å²) in [7, 11) is 0. The summed E-state index contributed by atoms with van der Waals surface area (Å²) in [5.41, 5.74) is 4.57. The van der Waals surface area contributed by atoms with Gasteiger partial charge in [-0.2, -0.15) is 5.26 Å². The van der Waals surface area contributed by atoms with Gasteiger partial charge in [0.15, 0.2) is 0 Å². The minimum atomic E-state index is -0.140. The Balaban J connectivity index is 1.70. The topological polar surface area (TPSA) is 64.9 Å². The Labute approximate surface area is 146 Å². The van der Waals surface area contributed by atoms with Crippen LogP contribution in [0.2, 0.25) is 0 Å². The van der Waals surface area contributed by atoms with Gasteiger partial charge in [-0.05, 0) is 55.5 Å². The van der Waals surface area contributed by atoms with Crippen molar-refractivity contribution >= 4 is 23.0 Å². The number of nitriles is 1. The first-order chi connectivity index (χ1) is 12.2. The van der Waals surface area contributed by atoms with Crippen LogP contribution in [0.4, 0.5) is 17.1 Å². The van der Waals surface area contributed by atoms with E-state index in [1.165, 1.54) is 0 Å². The van der Waals surface area contributed by atoms with Gasteiger partial charge < -0.3 is 10.6 Å². The number of hydrogen-bond acceptors (Lipinski definition) is 3. The molecule has 25 heavy (non-hydrogen) atoms. The largest absolute Gasteiger partial charge is 0.354 e. The average Bonchev–Trinajstić information content (AvgIpc) is 2.64. The molecule has 122 valence electrons. The Bertz CT molecular complexity index is 940. The van der Waals surface area contributed by atoms with Crippen molar-refractivity contribution < 1.29 is 4.79 Å². The van der Waals surface area contributed by atoms with E-state index >= 15 is 0 Å². The van der Waals surface area contributed by atoms with Crippen LogP contribution >= 0.6 is 0 Å². The number of nitrogens with zero attached hydrogens (tertiary/aromatic N) is 1. The third-order valence-corrected chi connectivity index (χ3v) is 3.75. The lowest BCUT2D eigenvalue weighted by molar-refractivity contribution is 0.102. The summed E-state index contributed by atoms with van der Waals surface area (Å²) in [4.78, 5) is 12.3. The maximum Gasteiger partial charge on any atom is 0.255 e. The number of amides is 1. The van der Waals surface area contributed by atoms with E-state index in [0.29, 0.717) is 16.8 Å². The van der Waals surface area contributed by atoms with Crippen molar-refractivity contribution in [2.45, 2.75) is 6.92 Å². The van der Waals surface area contributed by atoms with Gasteiger partial charge in [0.05, 0.1) is 11.3 Å². The molecule has 0 bridgehead atoms. The Morgan fingerprint density at radius 1 is 0.920 bits per heavy atom. The molecule has 3 aromatic rings. The van der Waals surface area contributed by atoms with Crippen molar-refractivity contribution in [1.29, 1.82) is 5.26 Å². The Kier molecular flexibility index (Phi) is 4.77. The van der Waals surface area contributed by atoms with Gasteiger partial charge in [0.25, 0.3) is 5.91 Å². The van der Waals surface area contributed by atoms with Gasteiger partial charge in [-0.25, -0.2) is 0 Å². The third-order valence-electron chi connectivity index (χ3n) is 3.75. The van der Waals surface area contributed by atoms with E-state index in [4.69, 9.17) is 5.26 Å². The molecule has 4 nitrogen and oxygen atoms in total. The Hall–Kier alpha value is -3.58. The average molecular weight is 327 g/mol. The molecule has 0 aliphatic heterocycles. The van der Waals surface area contributed by atoms with Gasteiger partial charge in [-0.3, -0.25) is 4.79 Å². The van der Waals surface area contributed by atoms with Crippen LogP contribution in [-0.2, 0) is 0 Å². The van der Waals surface area contributed by atoms with E-state index in [9.17, 15) is 4.79 Å². The molecule has 0 aliphatic carbocycles. The van der Waals surface area contributed by atoms with Gasteiger partial charge in [0, 0.05) is 16.9 Å². The fourth-order valence-electron chi connectivity index (χ4n) is 2.47. The second kappa shape index (κ2) is 7.33. The maximum absolute atomic E-state index is 12.3. The molecule has 0 saturated heterocycles. The Morgan fingerprint density at radius 3 is 2.36 bits per heavy atom. The molecule has 0 saturated carbocycles. The van der Waals surface area contributed by atoms with Gasteiger partial charge in [-0.1, -0.05) is 29.8 Å². The van der Waals surface area contributed by atoms with Crippen LogP contribution in [0.25, 0.3) is 0 Å². The second-order valence-corrected chi connectivity index (χ2v) is 5.68. The normalized spacial score (nSPS) is 9.92. The maximum atomic E-state index is 12.3. The van der Waals surface area contributed by atoms with E-state index in [1.54, 1.807) is 12.1 Å². The van der Waals surface area contributed by atoms with Crippen LogP contribution in [0.3, 0.4) is 0 Å². The van der Waals surface area contributed by atoms with Crippen molar-refractivity contribution in [2.75, 3.05) is 10.6 Å². The minimum absolute atomic E-state index is 0.140. The molecule has 1 amide bonds. The molecule has 3 aromatic carbocycles. The van der Waals surface area contributed by atoms with Gasteiger partial charge >= 0.3 is 0 Å². The second-order valence-electron chi connectivity index (χ2n) is 5.68. The summed E-state index contributed by atoms with van der Waals surface area (Å²) in [5, 5.41) is 15.2. The first-order valence-corrected chi connectivity index (χ1v) is 7.90. The smallest absolute Gasteiger partial charge is 0.255 e. The lowest BCUT2D eigenvalue weighted by Crippen LogP contribution is -2.11. The molecule has 0 aromatic heterocycles. The fourth-order valence-corrected chi connectivity index (χ4v) is 2.47. The monoisotopic (exact) mass is 327 g/mol. The number of carbonyl (C=O) groups is 1. The number of benzene rings is 3. The molecule has 0 heterocycles. The highest BCUT2D eigenvalue weighted by Gasteiger charge is 2.06. The lowest BCUT2D eigenvalue weighted by atomic mass is 10.1. The predicted molar refractivity (Wildman–Crippen MR) is 100 cm³/mol. The number of para-hydroxylation sites is 1. The van der Waals surface area contributed by atoms with Crippen LogP contribution in [0, 0.1) is 18.3 Å². The predicted octanol–water partition coefficient (Wildman–Crippen LogP) is 4.86. The lowest BCUT2D eigenvalue weighted by Gasteiger charge is -2.10. The van der Waals surface area contributed by atoms with E-state index in [2.05, 4.69) is 16.7 Å². The molecule has 4 heteroatoms. The molecule has 3 rings (SSSR count). The molecule has 0 fully saturated rings. The number of rotatable bonds is 4. The highest BCUT2D eigenvalue weighted by atomic mass is 16.1. The van der Waals surface area contributed by atoms with Gasteiger partial charge in [-0.15, -0.1) is 0 Å². The van der Waals surface area contributed by atoms with Crippen molar-refractivity contribution in [2.24, 2.45) is 0 Å². The highest BCUT2D eigenvalue weighted by Crippen LogP contribution is 2.22. The summed E-state index contributed by atoms with van der Waals surface area (Å²) in [6.45, 7) is 1.95. The summed E-state index contributed by atoms with van der Waals surface area (Å²) >= 11 is 0. The summed E-state index contributed by atoms with van der Waals surface area (Å²) in [5.74, 6) is -0.140. The van der Waals surface area contributed by atoms with Crippen molar-refractivity contribution in [3.8, 4) is 6.07 Å². The zero-order valence-electron chi connectivity index (χ0n) is 13.8. The van der Waals surface area contributed by atoms with Crippen LogP contribution < -0.4 is 10.6 Å². The van der Waals surface area contributed by atoms with Crippen LogP contribution in [0.5, 0.6) is 0 Å². The summed E-state index contributed by atoms with van der Waals surface area (Å²) in [6.07, 6.45) is 0. The summed E-state index contributed by atoms with van der Waals surface area (Å²) < 4.78 is 0. The molecular formula is C21H17N3O. The van der Waals surface area contributed by atoms with Crippen LogP contribution in [0.1, 0.15) is 21.5 Å². The molecule has 0 aliphatic rings. The minimum Gasteiger partial charge on any atom is -0.354 e.